The average Bonchev–Trinajstić information content (AvgIpc) is 3.33. The topological polar surface area (TPSA) is 68.1 Å². The molecule has 0 N–H and O–H groups in total. The molecule has 3 heterocycles. The molecule has 1 amide bonds. The number of aromatic nitrogens is 3. The molecule has 0 saturated carbocycles. The molecule has 5 rings (SSSR count). The van der Waals surface area contributed by atoms with E-state index in [2.05, 4.69) is 18.9 Å². The average molecular weight is 453 g/mol. The number of fused-ring (bicyclic) bond motifs is 1. The molecule has 6 nitrogen and oxygen atoms in total. The molecular formula is C28H28N4O2. The van der Waals surface area contributed by atoms with E-state index in [-0.39, 0.29) is 23.7 Å². The van der Waals surface area contributed by atoms with Crippen molar-refractivity contribution >= 4 is 22.7 Å². The van der Waals surface area contributed by atoms with Gasteiger partial charge in [0.2, 0.25) is 0 Å². The Bertz CT molecular complexity index is 1320. The van der Waals surface area contributed by atoms with E-state index in [0.717, 1.165) is 22.2 Å². The van der Waals surface area contributed by atoms with E-state index in [0.29, 0.717) is 37.1 Å². The number of amides is 1. The van der Waals surface area contributed by atoms with Gasteiger partial charge in [0.15, 0.2) is 11.4 Å². The monoisotopic (exact) mass is 452 g/mol. The van der Waals surface area contributed by atoms with Crippen molar-refractivity contribution in [2.24, 2.45) is 5.92 Å². The molecular weight excluding hydrogens is 424 g/mol. The maximum atomic E-state index is 13.7. The second-order valence-corrected chi connectivity index (χ2v) is 9.14. The van der Waals surface area contributed by atoms with Gasteiger partial charge in [-0.05, 0) is 32.8 Å². The Morgan fingerprint density at radius 1 is 0.941 bits per heavy atom. The number of piperidine rings is 1. The Balaban J connectivity index is 1.44. The van der Waals surface area contributed by atoms with Crippen LogP contribution in [0.1, 0.15) is 53.4 Å². The molecule has 0 atom stereocenters. The van der Waals surface area contributed by atoms with Crippen LogP contribution in [0.25, 0.3) is 22.3 Å². The van der Waals surface area contributed by atoms with E-state index in [9.17, 15) is 9.59 Å². The molecule has 34 heavy (non-hydrogen) atoms. The fourth-order valence-corrected chi connectivity index (χ4v) is 4.68. The van der Waals surface area contributed by atoms with E-state index < -0.39 is 0 Å². The summed E-state index contributed by atoms with van der Waals surface area (Å²) in [6.45, 7) is 5.23. The maximum Gasteiger partial charge on any atom is 0.254 e. The summed E-state index contributed by atoms with van der Waals surface area (Å²) in [7, 11) is 0. The highest BCUT2D eigenvalue weighted by molar-refractivity contribution is 6.06. The Hall–Kier alpha value is -3.80. The third-order valence-corrected chi connectivity index (χ3v) is 6.57. The third-order valence-electron chi connectivity index (χ3n) is 6.57. The smallest absolute Gasteiger partial charge is 0.254 e. The number of nitrogens with zero attached hydrogens (tertiary/aromatic N) is 4. The lowest BCUT2D eigenvalue weighted by Gasteiger charge is -2.31. The number of rotatable bonds is 5. The van der Waals surface area contributed by atoms with E-state index >= 15 is 0 Å². The summed E-state index contributed by atoms with van der Waals surface area (Å²) in [6.07, 6.45) is 3.09. The van der Waals surface area contributed by atoms with Gasteiger partial charge in [0, 0.05) is 36.2 Å². The van der Waals surface area contributed by atoms with Gasteiger partial charge in [0.1, 0.15) is 0 Å². The molecule has 1 fully saturated rings. The van der Waals surface area contributed by atoms with Crippen molar-refractivity contribution in [3.05, 3.63) is 84.1 Å². The van der Waals surface area contributed by atoms with Gasteiger partial charge in [-0.2, -0.15) is 5.10 Å². The molecule has 0 spiro atoms. The molecule has 1 aliphatic rings. The van der Waals surface area contributed by atoms with Gasteiger partial charge in [-0.3, -0.25) is 9.59 Å². The normalized spacial score (nSPS) is 14.6. The van der Waals surface area contributed by atoms with E-state index in [1.807, 2.05) is 76.3 Å². The minimum Gasteiger partial charge on any atom is -0.339 e. The highest BCUT2D eigenvalue weighted by atomic mass is 16.2. The second kappa shape index (κ2) is 9.21. The predicted molar refractivity (Wildman–Crippen MR) is 133 cm³/mol. The Morgan fingerprint density at radius 3 is 2.24 bits per heavy atom. The van der Waals surface area contributed by atoms with Crippen molar-refractivity contribution < 1.29 is 9.59 Å². The van der Waals surface area contributed by atoms with Crippen LogP contribution in [0.4, 0.5) is 0 Å². The van der Waals surface area contributed by atoms with Crippen LogP contribution in [0.5, 0.6) is 0 Å². The fraction of sp³-hybridized carbons (Fsp3) is 0.286. The van der Waals surface area contributed by atoms with Crippen LogP contribution in [0, 0.1) is 5.92 Å². The van der Waals surface area contributed by atoms with E-state index in [1.165, 1.54) is 0 Å². The van der Waals surface area contributed by atoms with Crippen LogP contribution in [-0.4, -0.2) is 44.4 Å². The van der Waals surface area contributed by atoms with Crippen molar-refractivity contribution in [1.29, 1.82) is 0 Å². The SMILES string of the molecule is CC(C)n1ncc2c(C(=O)N3CCC(C(=O)c4ccccc4)CC3)cc(-c3ccccc3)nc21. The highest BCUT2D eigenvalue weighted by Crippen LogP contribution is 2.29. The number of likely N-dealkylation sites (tertiary alicyclic amines) is 1. The molecule has 2 aromatic heterocycles. The van der Waals surface area contributed by atoms with Gasteiger partial charge in [-0.25, -0.2) is 9.67 Å². The molecule has 0 bridgehead atoms. The minimum atomic E-state index is -0.0486. The first-order valence-electron chi connectivity index (χ1n) is 11.8. The molecule has 6 heteroatoms. The first-order valence-corrected chi connectivity index (χ1v) is 11.8. The van der Waals surface area contributed by atoms with Gasteiger partial charge in [-0.1, -0.05) is 60.7 Å². The van der Waals surface area contributed by atoms with Crippen molar-refractivity contribution in [2.75, 3.05) is 13.1 Å². The molecule has 1 aliphatic heterocycles. The summed E-state index contributed by atoms with van der Waals surface area (Å²) in [4.78, 5) is 33.3. The van der Waals surface area contributed by atoms with Gasteiger partial charge in [0.25, 0.3) is 5.91 Å². The highest BCUT2D eigenvalue weighted by Gasteiger charge is 2.30. The summed E-state index contributed by atoms with van der Waals surface area (Å²) < 4.78 is 1.86. The zero-order chi connectivity index (χ0) is 23.7. The van der Waals surface area contributed by atoms with Gasteiger partial charge in [0.05, 0.1) is 22.8 Å². The lowest BCUT2D eigenvalue weighted by molar-refractivity contribution is 0.0652. The zero-order valence-electron chi connectivity index (χ0n) is 19.5. The van der Waals surface area contributed by atoms with E-state index in [4.69, 9.17) is 4.98 Å². The van der Waals surface area contributed by atoms with Crippen LogP contribution in [0.2, 0.25) is 0 Å². The van der Waals surface area contributed by atoms with Crippen molar-refractivity contribution in [1.82, 2.24) is 19.7 Å². The first-order chi connectivity index (χ1) is 16.5. The Kier molecular flexibility index (Phi) is 5.97. The summed E-state index contributed by atoms with van der Waals surface area (Å²) >= 11 is 0. The Morgan fingerprint density at radius 2 is 1.59 bits per heavy atom. The molecule has 0 radical (unpaired) electrons. The summed E-state index contributed by atoms with van der Waals surface area (Å²) in [6, 6.07) is 21.3. The number of carbonyl (C=O) groups is 2. The standard InChI is InChI=1S/C28H28N4O2/c1-19(2)32-27-24(18-29-32)23(17-25(30-27)20-9-5-3-6-10-20)28(34)31-15-13-22(14-16-31)26(33)21-11-7-4-8-12-21/h3-12,17-19,22H,13-16H2,1-2H3. The first kappa shape index (κ1) is 22.0. The number of carbonyl (C=O) groups excluding carboxylic acids is 2. The summed E-state index contributed by atoms with van der Waals surface area (Å²) in [5.41, 5.74) is 3.80. The number of Topliss-reactive ketones (excluding diaryl/α,β-unsaturated/α-hetero) is 1. The molecule has 1 saturated heterocycles. The number of pyridine rings is 1. The zero-order valence-corrected chi connectivity index (χ0v) is 19.5. The second-order valence-electron chi connectivity index (χ2n) is 9.14. The van der Waals surface area contributed by atoms with Crippen LogP contribution in [0.3, 0.4) is 0 Å². The number of ketones is 1. The number of benzene rings is 2. The summed E-state index contributed by atoms with van der Waals surface area (Å²) in [5.74, 6) is 0.0922. The third kappa shape index (κ3) is 4.12. The molecule has 4 aromatic rings. The lowest BCUT2D eigenvalue weighted by Crippen LogP contribution is -2.40. The molecule has 0 unspecified atom stereocenters. The van der Waals surface area contributed by atoms with Crippen molar-refractivity contribution in [3.63, 3.8) is 0 Å². The predicted octanol–water partition coefficient (Wildman–Crippen LogP) is 5.41. The Labute approximate surface area is 199 Å². The minimum absolute atomic E-state index is 0.0292. The molecule has 0 aliphatic carbocycles. The van der Waals surface area contributed by atoms with Crippen molar-refractivity contribution in [3.8, 4) is 11.3 Å². The van der Waals surface area contributed by atoms with Crippen LogP contribution in [0.15, 0.2) is 72.9 Å². The largest absolute Gasteiger partial charge is 0.339 e. The van der Waals surface area contributed by atoms with E-state index in [1.54, 1.807) is 6.20 Å². The molecule has 2 aromatic carbocycles. The number of hydrogen-bond acceptors (Lipinski definition) is 4. The maximum absolute atomic E-state index is 13.7. The van der Waals surface area contributed by atoms with Gasteiger partial charge < -0.3 is 4.90 Å². The van der Waals surface area contributed by atoms with Gasteiger partial charge in [-0.15, -0.1) is 0 Å². The summed E-state index contributed by atoms with van der Waals surface area (Å²) in [5, 5.41) is 5.29. The molecule has 172 valence electrons. The quantitative estimate of drug-likeness (QED) is 0.380. The van der Waals surface area contributed by atoms with Crippen LogP contribution < -0.4 is 0 Å². The number of hydrogen-bond donors (Lipinski definition) is 0. The van der Waals surface area contributed by atoms with Gasteiger partial charge >= 0.3 is 0 Å². The fourth-order valence-electron chi connectivity index (χ4n) is 4.68. The van der Waals surface area contributed by atoms with Crippen LogP contribution >= 0.6 is 0 Å². The van der Waals surface area contributed by atoms with Crippen molar-refractivity contribution in [2.45, 2.75) is 32.7 Å². The van der Waals surface area contributed by atoms with Crippen LogP contribution in [-0.2, 0) is 0 Å². The lowest BCUT2D eigenvalue weighted by atomic mass is 9.88.